The lowest BCUT2D eigenvalue weighted by Crippen LogP contribution is -2.28. The molecule has 0 fully saturated rings. The van der Waals surface area contributed by atoms with E-state index in [1.165, 1.54) is 29.3 Å². The van der Waals surface area contributed by atoms with Gasteiger partial charge in [-0.1, -0.05) is 29.8 Å². The molecular formula is C22H18F3N5O2. The number of amides is 1. The molecule has 0 aliphatic carbocycles. The molecular weight excluding hydrogens is 423 g/mol. The van der Waals surface area contributed by atoms with Gasteiger partial charge in [0.05, 0.1) is 23.1 Å². The van der Waals surface area contributed by atoms with Gasteiger partial charge in [0.15, 0.2) is 5.65 Å². The second kappa shape index (κ2) is 7.95. The molecule has 0 aliphatic rings. The number of carbonyl (C=O) groups excluding carboxylic acids is 1. The number of para-hydroxylation sites is 1. The summed E-state index contributed by atoms with van der Waals surface area (Å²) < 4.78 is 42.0. The number of fused-ring (bicyclic) bond motifs is 1. The number of halogens is 3. The van der Waals surface area contributed by atoms with Gasteiger partial charge in [-0.25, -0.2) is 9.67 Å². The number of carbonyl (C=O) groups is 1. The summed E-state index contributed by atoms with van der Waals surface area (Å²) >= 11 is 0. The van der Waals surface area contributed by atoms with Crippen molar-refractivity contribution < 1.29 is 18.0 Å². The Hall–Kier alpha value is -3.95. The number of rotatable bonds is 4. The topological polar surface area (TPSA) is 81.8 Å². The van der Waals surface area contributed by atoms with Crippen LogP contribution < -0.4 is 10.9 Å². The highest BCUT2D eigenvalue weighted by Crippen LogP contribution is 2.34. The monoisotopic (exact) mass is 441 g/mol. The van der Waals surface area contributed by atoms with Crippen molar-refractivity contribution in [3.05, 3.63) is 82.0 Å². The summed E-state index contributed by atoms with van der Waals surface area (Å²) in [5.74, 6) is -0.785. The summed E-state index contributed by atoms with van der Waals surface area (Å²) in [5.41, 5.74) is 1.24. The van der Waals surface area contributed by atoms with E-state index in [4.69, 9.17) is 0 Å². The average molecular weight is 441 g/mol. The number of anilines is 1. The van der Waals surface area contributed by atoms with Crippen LogP contribution in [-0.2, 0) is 17.5 Å². The van der Waals surface area contributed by atoms with E-state index in [1.807, 2.05) is 32.0 Å². The van der Waals surface area contributed by atoms with Crippen LogP contribution in [0.2, 0.25) is 0 Å². The van der Waals surface area contributed by atoms with Gasteiger partial charge in [0, 0.05) is 0 Å². The predicted molar refractivity (Wildman–Crippen MR) is 113 cm³/mol. The molecule has 1 N–H and O–H groups in total. The van der Waals surface area contributed by atoms with Gasteiger partial charge in [0.1, 0.15) is 18.3 Å². The number of hydrogen-bond donors (Lipinski definition) is 1. The van der Waals surface area contributed by atoms with Gasteiger partial charge in [0.25, 0.3) is 5.56 Å². The van der Waals surface area contributed by atoms with Crippen molar-refractivity contribution in [2.45, 2.75) is 26.6 Å². The molecule has 0 bridgehead atoms. The molecule has 0 unspecified atom stereocenters. The third-order valence-corrected chi connectivity index (χ3v) is 4.96. The van der Waals surface area contributed by atoms with Gasteiger partial charge in [0.2, 0.25) is 5.91 Å². The molecule has 1 amide bonds. The molecule has 2 aromatic carbocycles. The zero-order chi connectivity index (χ0) is 23.0. The van der Waals surface area contributed by atoms with Crippen LogP contribution in [0.1, 0.15) is 16.7 Å². The minimum absolute atomic E-state index is 0.191. The van der Waals surface area contributed by atoms with Crippen molar-refractivity contribution in [1.29, 1.82) is 0 Å². The summed E-state index contributed by atoms with van der Waals surface area (Å²) in [4.78, 5) is 29.5. The van der Waals surface area contributed by atoms with Crippen molar-refractivity contribution in [2.75, 3.05) is 5.32 Å². The summed E-state index contributed by atoms with van der Waals surface area (Å²) in [6, 6.07) is 10.4. The van der Waals surface area contributed by atoms with Crippen molar-refractivity contribution in [1.82, 2.24) is 19.3 Å². The number of aryl methyl sites for hydroxylation is 2. The Labute approximate surface area is 180 Å². The minimum Gasteiger partial charge on any atom is -0.324 e. The predicted octanol–water partition coefficient (Wildman–Crippen LogP) is 3.86. The first-order valence-corrected chi connectivity index (χ1v) is 9.62. The molecule has 0 saturated heterocycles. The maximum absolute atomic E-state index is 13.1. The average Bonchev–Trinajstić information content (AvgIpc) is 3.14. The fraction of sp³-hybridized carbons (Fsp3) is 0.182. The van der Waals surface area contributed by atoms with Crippen LogP contribution in [0.5, 0.6) is 0 Å². The lowest BCUT2D eigenvalue weighted by Gasteiger charge is -2.14. The van der Waals surface area contributed by atoms with Gasteiger partial charge < -0.3 is 5.32 Å². The van der Waals surface area contributed by atoms with Crippen molar-refractivity contribution in [2.24, 2.45) is 0 Å². The van der Waals surface area contributed by atoms with Gasteiger partial charge in [-0.3, -0.25) is 14.2 Å². The maximum Gasteiger partial charge on any atom is 0.418 e. The zero-order valence-electron chi connectivity index (χ0n) is 17.1. The third kappa shape index (κ3) is 3.98. The Bertz CT molecular complexity index is 1390. The van der Waals surface area contributed by atoms with E-state index in [0.717, 1.165) is 33.5 Å². The second-order valence-corrected chi connectivity index (χ2v) is 7.35. The first-order valence-electron chi connectivity index (χ1n) is 9.62. The van der Waals surface area contributed by atoms with E-state index in [-0.39, 0.29) is 11.1 Å². The fourth-order valence-corrected chi connectivity index (χ4v) is 3.46. The molecule has 0 aliphatic heterocycles. The maximum atomic E-state index is 13.1. The quantitative estimate of drug-likeness (QED) is 0.522. The first-order chi connectivity index (χ1) is 15.1. The van der Waals surface area contributed by atoms with Gasteiger partial charge in [-0.05, 0) is 37.6 Å². The summed E-state index contributed by atoms with van der Waals surface area (Å²) in [6.07, 6.45) is -2.08. The van der Waals surface area contributed by atoms with Crippen LogP contribution in [-0.4, -0.2) is 25.2 Å². The number of aromatic nitrogens is 4. The Morgan fingerprint density at radius 1 is 1.12 bits per heavy atom. The highest BCUT2D eigenvalue weighted by Gasteiger charge is 2.33. The second-order valence-electron chi connectivity index (χ2n) is 7.35. The van der Waals surface area contributed by atoms with Crippen LogP contribution in [0.25, 0.3) is 16.7 Å². The van der Waals surface area contributed by atoms with Gasteiger partial charge >= 0.3 is 6.18 Å². The van der Waals surface area contributed by atoms with E-state index >= 15 is 0 Å². The number of nitrogens with one attached hydrogen (secondary N) is 1. The van der Waals surface area contributed by atoms with Crippen LogP contribution in [0.3, 0.4) is 0 Å². The van der Waals surface area contributed by atoms with Crippen LogP contribution in [0.4, 0.5) is 18.9 Å². The Kier molecular flexibility index (Phi) is 5.29. The lowest BCUT2D eigenvalue weighted by molar-refractivity contribution is -0.137. The zero-order valence-corrected chi connectivity index (χ0v) is 17.1. The van der Waals surface area contributed by atoms with Crippen LogP contribution in [0.15, 0.2) is 59.8 Å². The van der Waals surface area contributed by atoms with Crippen molar-refractivity contribution in [3.63, 3.8) is 0 Å². The van der Waals surface area contributed by atoms with E-state index in [1.54, 1.807) is 0 Å². The standard InChI is InChI=1S/C22H18F3N5O2/c1-13-7-8-18(14(2)9-13)30-20-15(10-27-30)21(32)29(12-26-20)11-19(31)28-17-6-4-3-5-16(17)22(23,24)25/h3-10,12H,11H2,1-2H3,(H,28,31). The van der Waals surface area contributed by atoms with E-state index < -0.39 is 29.8 Å². The highest BCUT2D eigenvalue weighted by atomic mass is 19.4. The molecule has 4 rings (SSSR count). The molecule has 2 heterocycles. The number of benzene rings is 2. The molecule has 7 nitrogen and oxygen atoms in total. The molecule has 10 heteroatoms. The summed E-state index contributed by atoms with van der Waals surface area (Å²) in [5, 5.41) is 6.67. The SMILES string of the molecule is Cc1ccc(-n2ncc3c(=O)n(CC(=O)Nc4ccccc4C(F)(F)F)cnc32)c(C)c1. The minimum atomic E-state index is -4.62. The van der Waals surface area contributed by atoms with Crippen molar-refractivity contribution in [3.8, 4) is 5.69 Å². The summed E-state index contributed by atoms with van der Waals surface area (Å²) in [6.45, 7) is 3.38. The van der Waals surface area contributed by atoms with E-state index in [2.05, 4.69) is 15.4 Å². The number of nitrogens with zero attached hydrogens (tertiary/aromatic N) is 4. The molecule has 2 aromatic heterocycles. The fourth-order valence-electron chi connectivity index (χ4n) is 3.46. The van der Waals surface area contributed by atoms with Gasteiger partial charge in [-0.2, -0.15) is 18.3 Å². The molecule has 32 heavy (non-hydrogen) atoms. The Balaban J connectivity index is 1.62. The number of alkyl halides is 3. The Morgan fingerprint density at radius 3 is 2.59 bits per heavy atom. The van der Waals surface area contributed by atoms with Crippen LogP contribution in [0, 0.1) is 13.8 Å². The van der Waals surface area contributed by atoms with Crippen molar-refractivity contribution >= 4 is 22.6 Å². The molecule has 0 atom stereocenters. The molecule has 0 spiro atoms. The normalized spacial score (nSPS) is 11.7. The largest absolute Gasteiger partial charge is 0.418 e. The molecule has 164 valence electrons. The first kappa shape index (κ1) is 21.3. The number of hydrogen-bond acceptors (Lipinski definition) is 4. The Morgan fingerprint density at radius 2 is 1.88 bits per heavy atom. The highest BCUT2D eigenvalue weighted by molar-refractivity contribution is 5.91. The molecule has 0 radical (unpaired) electrons. The molecule has 0 saturated carbocycles. The van der Waals surface area contributed by atoms with Gasteiger partial charge in [-0.15, -0.1) is 0 Å². The van der Waals surface area contributed by atoms with E-state index in [0.29, 0.717) is 5.65 Å². The lowest BCUT2D eigenvalue weighted by atomic mass is 10.1. The molecule has 4 aromatic rings. The smallest absolute Gasteiger partial charge is 0.324 e. The van der Waals surface area contributed by atoms with E-state index in [9.17, 15) is 22.8 Å². The summed E-state index contributed by atoms with van der Waals surface area (Å²) in [7, 11) is 0. The third-order valence-electron chi connectivity index (χ3n) is 4.96. The van der Waals surface area contributed by atoms with Crippen LogP contribution >= 0.6 is 0 Å².